The molecule has 23 heavy (non-hydrogen) atoms. The molecule has 1 fully saturated rings. The number of carbonyl (C=O) groups is 2. The van der Waals surface area contributed by atoms with Gasteiger partial charge in [0, 0.05) is 41.7 Å². The average Bonchev–Trinajstić information content (AvgIpc) is 3.09. The molecule has 1 amide bonds. The van der Waals surface area contributed by atoms with Crippen molar-refractivity contribution in [2.75, 3.05) is 20.1 Å². The Labute approximate surface area is 135 Å². The van der Waals surface area contributed by atoms with Crippen molar-refractivity contribution in [1.82, 2.24) is 15.2 Å². The van der Waals surface area contributed by atoms with Gasteiger partial charge in [-0.3, -0.25) is 9.59 Å². The van der Waals surface area contributed by atoms with Crippen LogP contribution in [0.2, 0.25) is 0 Å². The van der Waals surface area contributed by atoms with Gasteiger partial charge in [0.25, 0.3) is 5.91 Å². The first-order valence-corrected chi connectivity index (χ1v) is 7.90. The third-order valence-electron chi connectivity index (χ3n) is 4.23. The van der Waals surface area contributed by atoms with Gasteiger partial charge in [-0.15, -0.1) is 0 Å². The molecule has 0 saturated carbocycles. The van der Waals surface area contributed by atoms with Crippen LogP contribution >= 0.6 is 0 Å². The number of nitrogens with zero attached hydrogens (tertiary/aromatic N) is 1. The summed E-state index contributed by atoms with van der Waals surface area (Å²) in [6.45, 7) is 1.97. The zero-order valence-corrected chi connectivity index (χ0v) is 13.2. The van der Waals surface area contributed by atoms with Gasteiger partial charge in [-0.1, -0.05) is 12.1 Å². The molecule has 0 bridgehead atoms. The minimum absolute atomic E-state index is 0.0490. The fraction of sp³-hybridized carbons (Fsp3) is 0.333. The number of likely N-dealkylation sites (tertiary alicyclic amines) is 1. The van der Waals surface area contributed by atoms with Crippen LogP contribution in [0.5, 0.6) is 0 Å². The smallest absolute Gasteiger partial charge is 0.251 e. The van der Waals surface area contributed by atoms with E-state index in [4.69, 9.17) is 0 Å². The summed E-state index contributed by atoms with van der Waals surface area (Å²) in [6.07, 6.45) is 5.50. The molecule has 1 aliphatic heterocycles. The number of nitrogens with one attached hydrogen (secondary N) is 2. The molecule has 5 nitrogen and oxygen atoms in total. The van der Waals surface area contributed by atoms with Crippen LogP contribution < -0.4 is 5.32 Å². The molecular formula is C18H21N3O2. The molecule has 2 aromatic rings. The molecule has 3 rings (SSSR count). The van der Waals surface area contributed by atoms with Crippen LogP contribution in [0.4, 0.5) is 0 Å². The van der Waals surface area contributed by atoms with E-state index in [-0.39, 0.29) is 17.7 Å². The lowest BCUT2D eigenvalue weighted by Gasteiger charge is -2.30. The molecule has 1 atom stereocenters. The standard InChI is InChI=1S/C18H21N3O2/c1-21-10-2-3-16(12-21)20-18(23)14-6-4-13(5-7-14)17(22)15-8-9-19-11-15/h4-9,11,16,19H,2-3,10,12H2,1H3,(H,20,23)/t16-/m1/s1. The van der Waals surface area contributed by atoms with Gasteiger partial charge in [0.2, 0.25) is 0 Å². The number of H-pyrrole nitrogens is 1. The quantitative estimate of drug-likeness (QED) is 0.850. The first-order chi connectivity index (χ1) is 11.1. The normalized spacial score (nSPS) is 18.6. The molecule has 1 saturated heterocycles. The van der Waals surface area contributed by atoms with Crippen molar-refractivity contribution in [2.45, 2.75) is 18.9 Å². The second-order valence-electron chi connectivity index (χ2n) is 6.08. The summed E-state index contributed by atoms with van der Waals surface area (Å²) < 4.78 is 0. The van der Waals surface area contributed by atoms with E-state index in [0.717, 1.165) is 25.9 Å². The maximum Gasteiger partial charge on any atom is 0.251 e. The number of ketones is 1. The lowest BCUT2D eigenvalue weighted by Crippen LogP contribution is -2.46. The number of carbonyl (C=O) groups excluding carboxylic acids is 2. The van der Waals surface area contributed by atoms with Crippen LogP contribution in [0, 0.1) is 0 Å². The van der Waals surface area contributed by atoms with Crippen molar-refractivity contribution >= 4 is 11.7 Å². The first kappa shape index (κ1) is 15.5. The Hall–Kier alpha value is -2.40. The van der Waals surface area contributed by atoms with Gasteiger partial charge < -0.3 is 15.2 Å². The number of piperidine rings is 1. The van der Waals surface area contributed by atoms with E-state index in [9.17, 15) is 9.59 Å². The average molecular weight is 311 g/mol. The first-order valence-electron chi connectivity index (χ1n) is 7.90. The van der Waals surface area contributed by atoms with Crippen LogP contribution in [0.25, 0.3) is 0 Å². The lowest BCUT2D eigenvalue weighted by molar-refractivity contribution is 0.0911. The van der Waals surface area contributed by atoms with Crippen molar-refractivity contribution < 1.29 is 9.59 Å². The monoisotopic (exact) mass is 311 g/mol. The van der Waals surface area contributed by atoms with E-state index < -0.39 is 0 Å². The Kier molecular flexibility index (Phi) is 4.57. The van der Waals surface area contributed by atoms with E-state index in [2.05, 4.69) is 22.2 Å². The molecule has 1 aromatic heterocycles. The van der Waals surface area contributed by atoms with Gasteiger partial charge >= 0.3 is 0 Å². The van der Waals surface area contributed by atoms with Gasteiger partial charge in [0.15, 0.2) is 5.78 Å². The van der Waals surface area contributed by atoms with Crippen molar-refractivity contribution in [3.8, 4) is 0 Å². The van der Waals surface area contributed by atoms with E-state index in [1.807, 2.05) is 0 Å². The highest BCUT2D eigenvalue weighted by molar-refractivity contribution is 6.09. The van der Waals surface area contributed by atoms with E-state index in [0.29, 0.717) is 16.7 Å². The zero-order chi connectivity index (χ0) is 16.2. The van der Waals surface area contributed by atoms with Gasteiger partial charge in [0.05, 0.1) is 0 Å². The molecule has 0 radical (unpaired) electrons. The van der Waals surface area contributed by atoms with Crippen LogP contribution in [0.1, 0.15) is 39.1 Å². The van der Waals surface area contributed by atoms with Gasteiger partial charge in [-0.2, -0.15) is 0 Å². The molecule has 0 unspecified atom stereocenters. The minimum Gasteiger partial charge on any atom is -0.367 e. The molecule has 1 aliphatic rings. The Morgan fingerprint density at radius 3 is 2.52 bits per heavy atom. The zero-order valence-electron chi connectivity index (χ0n) is 13.2. The lowest BCUT2D eigenvalue weighted by atomic mass is 10.0. The SMILES string of the molecule is CN1CCC[C@@H](NC(=O)c2ccc(C(=O)c3cc[nH]c3)cc2)C1. The molecule has 0 aliphatic carbocycles. The topological polar surface area (TPSA) is 65.2 Å². The van der Waals surface area contributed by atoms with Crippen LogP contribution in [-0.2, 0) is 0 Å². The van der Waals surface area contributed by atoms with E-state index in [1.165, 1.54) is 0 Å². The summed E-state index contributed by atoms with van der Waals surface area (Å²) in [5, 5.41) is 3.07. The fourth-order valence-corrected chi connectivity index (χ4v) is 2.96. The van der Waals surface area contributed by atoms with Crippen molar-refractivity contribution in [3.05, 3.63) is 59.4 Å². The van der Waals surface area contributed by atoms with Crippen molar-refractivity contribution in [1.29, 1.82) is 0 Å². The summed E-state index contributed by atoms with van der Waals surface area (Å²) in [4.78, 5) is 29.6. The molecule has 120 valence electrons. The fourth-order valence-electron chi connectivity index (χ4n) is 2.96. The highest BCUT2D eigenvalue weighted by Gasteiger charge is 2.19. The summed E-state index contributed by atoms with van der Waals surface area (Å²) in [6, 6.07) is 8.77. The molecule has 0 spiro atoms. The van der Waals surface area contributed by atoms with E-state index in [1.54, 1.807) is 42.7 Å². The van der Waals surface area contributed by atoms with Crippen LogP contribution in [-0.4, -0.2) is 47.8 Å². The summed E-state index contributed by atoms with van der Waals surface area (Å²) in [7, 11) is 2.07. The molecule has 2 heterocycles. The number of aromatic amines is 1. The summed E-state index contributed by atoms with van der Waals surface area (Å²) >= 11 is 0. The molecule has 2 N–H and O–H groups in total. The maximum absolute atomic E-state index is 12.3. The van der Waals surface area contributed by atoms with Crippen molar-refractivity contribution in [3.63, 3.8) is 0 Å². The van der Waals surface area contributed by atoms with Gasteiger partial charge in [0.1, 0.15) is 0 Å². The second kappa shape index (κ2) is 6.79. The Morgan fingerprint density at radius 1 is 1.13 bits per heavy atom. The van der Waals surface area contributed by atoms with Crippen LogP contribution in [0.3, 0.4) is 0 Å². The second-order valence-corrected chi connectivity index (χ2v) is 6.08. The largest absolute Gasteiger partial charge is 0.367 e. The number of benzene rings is 1. The van der Waals surface area contributed by atoms with Gasteiger partial charge in [-0.05, 0) is 44.6 Å². The molecule has 1 aromatic carbocycles. The third-order valence-corrected chi connectivity index (χ3v) is 4.23. The van der Waals surface area contributed by atoms with E-state index >= 15 is 0 Å². The Bertz CT molecular complexity index is 677. The highest BCUT2D eigenvalue weighted by atomic mass is 16.1. The summed E-state index contributed by atoms with van der Waals surface area (Å²) in [5.74, 6) is -0.127. The number of rotatable bonds is 4. The highest BCUT2D eigenvalue weighted by Crippen LogP contribution is 2.12. The predicted molar refractivity (Wildman–Crippen MR) is 88.7 cm³/mol. The summed E-state index contributed by atoms with van der Waals surface area (Å²) in [5.41, 5.74) is 1.79. The number of amides is 1. The number of hydrogen-bond acceptors (Lipinski definition) is 3. The van der Waals surface area contributed by atoms with Gasteiger partial charge in [-0.25, -0.2) is 0 Å². The molecular weight excluding hydrogens is 290 g/mol. The Balaban J connectivity index is 1.64. The number of likely N-dealkylation sites (N-methyl/N-ethyl adjacent to an activating group) is 1. The number of aromatic nitrogens is 1. The third kappa shape index (κ3) is 3.68. The maximum atomic E-state index is 12.3. The molecule has 5 heteroatoms. The predicted octanol–water partition coefficient (Wildman–Crippen LogP) is 2.07. The van der Waals surface area contributed by atoms with Crippen molar-refractivity contribution in [2.24, 2.45) is 0 Å². The number of hydrogen-bond donors (Lipinski definition) is 2. The Morgan fingerprint density at radius 2 is 1.87 bits per heavy atom. The minimum atomic E-state index is -0.0778. The van der Waals surface area contributed by atoms with Crippen LogP contribution in [0.15, 0.2) is 42.7 Å².